The van der Waals surface area contributed by atoms with E-state index in [-0.39, 0.29) is 5.56 Å². The number of halogens is 1. The van der Waals surface area contributed by atoms with Crippen LogP contribution in [0.1, 0.15) is 5.56 Å². The third-order valence-electron chi connectivity index (χ3n) is 1.98. The van der Waals surface area contributed by atoms with E-state index in [2.05, 4.69) is 9.97 Å². The molecule has 0 N–H and O–H groups in total. The molecule has 2 aromatic rings. The van der Waals surface area contributed by atoms with Crippen molar-refractivity contribution >= 4 is 0 Å². The van der Waals surface area contributed by atoms with Crippen molar-refractivity contribution in [1.82, 2.24) is 9.97 Å². The molecule has 0 aliphatic heterocycles. The second-order valence-corrected chi connectivity index (χ2v) is 2.87. The quantitative estimate of drug-likeness (QED) is 0.707. The Balaban J connectivity index is 2.65. The number of hydrogen-bond donors (Lipinski definition) is 0. The van der Waals surface area contributed by atoms with E-state index in [9.17, 15) is 4.39 Å². The van der Waals surface area contributed by atoms with Crippen LogP contribution < -0.4 is 0 Å². The van der Waals surface area contributed by atoms with Gasteiger partial charge >= 0.3 is 0 Å². The van der Waals surface area contributed by atoms with Crippen LogP contribution in [0.2, 0.25) is 0 Å². The standard InChI is InChI=1S/C11H6FN3/c12-10-3-1-2-8(9(10)6-13)11-4-5-14-7-15-11/h1-5,7H. The molecule has 0 aliphatic rings. The van der Waals surface area contributed by atoms with E-state index < -0.39 is 5.82 Å². The van der Waals surface area contributed by atoms with Crippen molar-refractivity contribution in [2.24, 2.45) is 0 Å². The van der Waals surface area contributed by atoms with Crippen molar-refractivity contribution in [3.63, 3.8) is 0 Å². The Morgan fingerprint density at radius 1 is 1.27 bits per heavy atom. The summed E-state index contributed by atoms with van der Waals surface area (Å²) in [5, 5.41) is 8.83. The van der Waals surface area contributed by atoms with Crippen LogP contribution in [0.15, 0.2) is 36.8 Å². The van der Waals surface area contributed by atoms with Crippen LogP contribution in [-0.4, -0.2) is 9.97 Å². The van der Waals surface area contributed by atoms with Gasteiger partial charge in [0.25, 0.3) is 0 Å². The number of aromatic nitrogens is 2. The van der Waals surface area contributed by atoms with Gasteiger partial charge in [-0.1, -0.05) is 12.1 Å². The molecule has 0 spiro atoms. The molecule has 1 aromatic carbocycles. The first-order valence-corrected chi connectivity index (χ1v) is 4.28. The summed E-state index contributed by atoms with van der Waals surface area (Å²) in [5.74, 6) is -0.534. The number of nitrogens with zero attached hydrogens (tertiary/aromatic N) is 3. The van der Waals surface area contributed by atoms with Crippen LogP contribution in [0.5, 0.6) is 0 Å². The summed E-state index contributed by atoms with van der Waals surface area (Å²) in [7, 11) is 0. The average Bonchev–Trinajstić information content (AvgIpc) is 2.30. The van der Waals surface area contributed by atoms with E-state index in [4.69, 9.17) is 5.26 Å². The fraction of sp³-hybridized carbons (Fsp3) is 0. The topological polar surface area (TPSA) is 49.6 Å². The van der Waals surface area contributed by atoms with Crippen LogP contribution in [0.25, 0.3) is 11.3 Å². The first-order chi connectivity index (χ1) is 7.33. The Hall–Kier alpha value is -2.28. The number of nitriles is 1. The van der Waals surface area contributed by atoms with Gasteiger partial charge in [-0.15, -0.1) is 0 Å². The van der Waals surface area contributed by atoms with Gasteiger partial charge in [-0.3, -0.25) is 0 Å². The van der Waals surface area contributed by atoms with Gasteiger partial charge in [0.2, 0.25) is 0 Å². The van der Waals surface area contributed by atoms with Crippen LogP contribution in [0, 0.1) is 17.1 Å². The Bertz CT molecular complexity index is 517. The minimum Gasteiger partial charge on any atom is -0.245 e. The van der Waals surface area contributed by atoms with Crippen LogP contribution >= 0.6 is 0 Å². The first kappa shape index (κ1) is 9.28. The molecule has 1 heterocycles. The van der Waals surface area contributed by atoms with Crippen molar-refractivity contribution < 1.29 is 4.39 Å². The summed E-state index contributed by atoms with van der Waals surface area (Å²) in [4.78, 5) is 7.73. The van der Waals surface area contributed by atoms with Gasteiger partial charge in [0.05, 0.1) is 11.3 Å². The van der Waals surface area contributed by atoms with E-state index in [0.29, 0.717) is 11.3 Å². The molecule has 15 heavy (non-hydrogen) atoms. The van der Waals surface area contributed by atoms with Gasteiger partial charge in [0.15, 0.2) is 0 Å². The fourth-order valence-electron chi connectivity index (χ4n) is 1.30. The maximum Gasteiger partial charge on any atom is 0.141 e. The van der Waals surface area contributed by atoms with E-state index in [1.807, 2.05) is 6.07 Å². The summed E-state index contributed by atoms with van der Waals surface area (Å²) in [5.41, 5.74) is 1.04. The Morgan fingerprint density at radius 2 is 2.13 bits per heavy atom. The molecule has 0 saturated carbocycles. The highest BCUT2D eigenvalue weighted by Crippen LogP contribution is 2.22. The molecule has 3 nitrogen and oxygen atoms in total. The largest absolute Gasteiger partial charge is 0.245 e. The molecule has 0 bridgehead atoms. The lowest BCUT2D eigenvalue weighted by molar-refractivity contribution is 0.624. The third kappa shape index (κ3) is 1.67. The number of benzene rings is 1. The van der Waals surface area contributed by atoms with Crippen molar-refractivity contribution in [2.45, 2.75) is 0 Å². The smallest absolute Gasteiger partial charge is 0.141 e. The molecule has 0 atom stereocenters. The molecule has 72 valence electrons. The van der Waals surface area contributed by atoms with Gasteiger partial charge in [-0.2, -0.15) is 5.26 Å². The highest BCUT2D eigenvalue weighted by atomic mass is 19.1. The number of rotatable bonds is 1. The summed E-state index contributed by atoms with van der Waals surface area (Å²) in [6.07, 6.45) is 2.91. The van der Waals surface area contributed by atoms with Crippen molar-refractivity contribution in [3.05, 3.63) is 48.2 Å². The zero-order valence-corrected chi connectivity index (χ0v) is 7.68. The molecule has 1 aromatic heterocycles. The summed E-state index contributed by atoms with van der Waals surface area (Å²) >= 11 is 0. The van der Waals surface area contributed by atoms with E-state index in [1.54, 1.807) is 24.4 Å². The second kappa shape index (κ2) is 3.84. The van der Waals surface area contributed by atoms with Crippen molar-refractivity contribution in [2.75, 3.05) is 0 Å². The van der Waals surface area contributed by atoms with E-state index >= 15 is 0 Å². The summed E-state index contributed by atoms with van der Waals surface area (Å²) < 4.78 is 13.3. The number of hydrogen-bond acceptors (Lipinski definition) is 3. The van der Waals surface area contributed by atoms with Gasteiger partial charge < -0.3 is 0 Å². The Morgan fingerprint density at radius 3 is 2.80 bits per heavy atom. The molecule has 0 saturated heterocycles. The molecule has 0 fully saturated rings. The SMILES string of the molecule is N#Cc1c(F)cccc1-c1ccncn1. The Labute approximate surface area is 85.9 Å². The highest BCUT2D eigenvalue weighted by Gasteiger charge is 2.09. The summed E-state index contributed by atoms with van der Waals surface area (Å²) in [6.45, 7) is 0. The fourth-order valence-corrected chi connectivity index (χ4v) is 1.30. The lowest BCUT2D eigenvalue weighted by atomic mass is 10.1. The lowest BCUT2D eigenvalue weighted by Crippen LogP contribution is -1.91. The zero-order valence-electron chi connectivity index (χ0n) is 7.68. The van der Waals surface area contributed by atoms with Crippen molar-refractivity contribution in [3.8, 4) is 17.3 Å². The van der Waals surface area contributed by atoms with E-state index in [1.165, 1.54) is 12.4 Å². The minimum atomic E-state index is -0.534. The molecular weight excluding hydrogens is 193 g/mol. The molecule has 0 radical (unpaired) electrons. The average molecular weight is 199 g/mol. The maximum absolute atomic E-state index is 13.3. The normalized spacial score (nSPS) is 9.60. The maximum atomic E-state index is 13.3. The van der Waals surface area contributed by atoms with Gasteiger partial charge in [0.1, 0.15) is 18.2 Å². The van der Waals surface area contributed by atoms with Crippen molar-refractivity contribution in [1.29, 1.82) is 5.26 Å². The van der Waals surface area contributed by atoms with E-state index in [0.717, 1.165) is 0 Å². The van der Waals surface area contributed by atoms with Crippen LogP contribution in [-0.2, 0) is 0 Å². The highest BCUT2D eigenvalue weighted by molar-refractivity contribution is 5.67. The predicted octanol–water partition coefficient (Wildman–Crippen LogP) is 2.15. The predicted molar refractivity (Wildman–Crippen MR) is 52.1 cm³/mol. The van der Waals surface area contributed by atoms with Gasteiger partial charge in [0, 0.05) is 11.8 Å². The van der Waals surface area contributed by atoms with Gasteiger partial charge in [-0.25, -0.2) is 14.4 Å². The van der Waals surface area contributed by atoms with Crippen LogP contribution in [0.4, 0.5) is 4.39 Å². The third-order valence-corrected chi connectivity index (χ3v) is 1.98. The molecule has 2 rings (SSSR count). The molecule has 0 unspecified atom stereocenters. The second-order valence-electron chi connectivity index (χ2n) is 2.87. The first-order valence-electron chi connectivity index (χ1n) is 4.28. The molecule has 0 amide bonds. The Kier molecular flexibility index (Phi) is 2.38. The summed E-state index contributed by atoms with van der Waals surface area (Å²) in [6, 6.07) is 7.92. The lowest BCUT2D eigenvalue weighted by Gasteiger charge is -2.02. The van der Waals surface area contributed by atoms with Crippen LogP contribution in [0.3, 0.4) is 0 Å². The molecule has 0 aliphatic carbocycles. The monoisotopic (exact) mass is 199 g/mol. The van der Waals surface area contributed by atoms with Gasteiger partial charge in [-0.05, 0) is 12.1 Å². The molecule has 4 heteroatoms. The zero-order chi connectivity index (χ0) is 10.7. The molecular formula is C11H6FN3. The minimum absolute atomic E-state index is 0.0104.